The van der Waals surface area contributed by atoms with E-state index in [1.807, 2.05) is 57.2 Å². The fourth-order valence-corrected chi connectivity index (χ4v) is 4.69. The first-order valence-corrected chi connectivity index (χ1v) is 11.6. The topological polar surface area (TPSA) is 75.2 Å². The van der Waals surface area contributed by atoms with E-state index >= 15 is 0 Å². The molecule has 1 N–H and O–H groups in total. The molecule has 0 atom stereocenters. The largest absolute Gasteiger partial charge is 0.322 e. The highest BCUT2D eigenvalue weighted by Crippen LogP contribution is 2.47. The molecule has 0 saturated heterocycles. The Morgan fingerprint density at radius 3 is 2.44 bits per heavy atom. The Hall–Kier alpha value is -4.39. The molecule has 2 heterocycles. The summed E-state index contributed by atoms with van der Waals surface area (Å²) in [5.41, 5.74) is 4.49. The van der Waals surface area contributed by atoms with E-state index in [1.165, 1.54) is 24.3 Å². The number of hydrogen-bond acceptors (Lipinski definition) is 4. The van der Waals surface area contributed by atoms with Gasteiger partial charge in [-0.3, -0.25) is 9.59 Å². The van der Waals surface area contributed by atoms with Gasteiger partial charge in [-0.15, -0.1) is 0 Å². The molecule has 7 heteroatoms. The third kappa shape index (κ3) is 4.13. The highest BCUT2D eigenvalue weighted by Gasteiger charge is 2.45. The van der Waals surface area contributed by atoms with E-state index in [0.717, 1.165) is 27.9 Å². The molecule has 5 rings (SSSR count). The number of benzene rings is 3. The minimum Gasteiger partial charge on any atom is -0.322 e. The van der Waals surface area contributed by atoms with Gasteiger partial charge < -0.3 is 10.2 Å². The second-order valence-electron chi connectivity index (χ2n) is 9.37. The Kier molecular flexibility index (Phi) is 5.84. The summed E-state index contributed by atoms with van der Waals surface area (Å²) in [6.45, 7) is 5.98. The number of aryl methyl sites for hydroxylation is 1. The van der Waals surface area contributed by atoms with Gasteiger partial charge in [0.15, 0.2) is 0 Å². The van der Waals surface area contributed by atoms with Gasteiger partial charge >= 0.3 is 0 Å². The Morgan fingerprint density at radius 2 is 1.72 bits per heavy atom. The third-order valence-electron chi connectivity index (χ3n) is 6.55. The Balaban J connectivity index is 1.54. The summed E-state index contributed by atoms with van der Waals surface area (Å²) >= 11 is 0. The van der Waals surface area contributed by atoms with Gasteiger partial charge in [0.05, 0.1) is 12.0 Å². The van der Waals surface area contributed by atoms with E-state index in [0.29, 0.717) is 17.1 Å². The van der Waals surface area contributed by atoms with Crippen molar-refractivity contribution in [2.75, 3.05) is 10.2 Å². The molecule has 1 aliphatic rings. The smallest absolute Gasteiger partial charge is 0.255 e. The number of amides is 2. The number of rotatable bonds is 5. The van der Waals surface area contributed by atoms with Crippen LogP contribution in [0.2, 0.25) is 0 Å². The summed E-state index contributed by atoms with van der Waals surface area (Å²) in [7, 11) is 0. The van der Waals surface area contributed by atoms with Crippen LogP contribution in [-0.4, -0.2) is 21.8 Å². The van der Waals surface area contributed by atoms with Crippen LogP contribution < -0.4 is 10.2 Å². The number of carbonyl (C=O) groups is 2. The van der Waals surface area contributed by atoms with Crippen LogP contribution in [0.4, 0.5) is 15.8 Å². The summed E-state index contributed by atoms with van der Waals surface area (Å²) in [6.07, 6.45) is 3.33. The van der Waals surface area contributed by atoms with Crippen molar-refractivity contribution in [3.8, 4) is 11.1 Å². The minimum atomic E-state index is -0.776. The first kappa shape index (κ1) is 23.4. The van der Waals surface area contributed by atoms with Crippen LogP contribution in [0.15, 0.2) is 79.1 Å². The predicted molar refractivity (Wildman–Crippen MR) is 137 cm³/mol. The molecule has 0 spiro atoms. The normalized spacial score (nSPS) is 14.0. The fraction of sp³-hybridized carbons (Fsp3) is 0.172. The van der Waals surface area contributed by atoms with Crippen molar-refractivity contribution in [2.24, 2.45) is 0 Å². The predicted octanol–water partition coefficient (Wildman–Crippen LogP) is 5.67. The zero-order valence-corrected chi connectivity index (χ0v) is 20.2. The van der Waals surface area contributed by atoms with Gasteiger partial charge in [0.2, 0.25) is 5.91 Å². The highest BCUT2D eigenvalue weighted by molar-refractivity contribution is 6.10. The van der Waals surface area contributed by atoms with E-state index in [2.05, 4.69) is 15.3 Å². The quantitative estimate of drug-likeness (QED) is 0.400. The lowest BCUT2D eigenvalue weighted by Crippen LogP contribution is -2.36. The van der Waals surface area contributed by atoms with Crippen molar-refractivity contribution in [1.29, 1.82) is 0 Å². The molecule has 0 unspecified atom stereocenters. The Labute approximate surface area is 208 Å². The molecular formula is C29H25FN4O2. The summed E-state index contributed by atoms with van der Waals surface area (Å²) in [4.78, 5) is 36.9. The van der Waals surface area contributed by atoms with Gasteiger partial charge in [-0.25, -0.2) is 14.4 Å². The first-order chi connectivity index (χ1) is 17.3. The average molecular weight is 481 g/mol. The molecule has 180 valence electrons. The van der Waals surface area contributed by atoms with Crippen LogP contribution in [0.5, 0.6) is 0 Å². The number of nitrogens with zero attached hydrogens (tertiary/aromatic N) is 3. The van der Waals surface area contributed by atoms with E-state index in [-0.39, 0.29) is 24.2 Å². The van der Waals surface area contributed by atoms with Crippen LogP contribution in [0, 0.1) is 12.7 Å². The second kappa shape index (κ2) is 9.00. The third-order valence-corrected chi connectivity index (χ3v) is 6.55. The highest BCUT2D eigenvalue weighted by atomic mass is 19.1. The molecule has 1 aromatic heterocycles. The second-order valence-corrected chi connectivity index (χ2v) is 9.37. The summed E-state index contributed by atoms with van der Waals surface area (Å²) in [5.74, 6) is -0.116. The maximum Gasteiger partial charge on any atom is 0.255 e. The Bertz CT molecular complexity index is 1470. The van der Waals surface area contributed by atoms with Crippen LogP contribution in [0.1, 0.15) is 41.2 Å². The molecule has 0 bridgehead atoms. The van der Waals surface area contributed by atoms with E-state index in [4.69, 9.17) is 0 Å². The molecule has 6 nitrogen and oxygen atoms in total. The van der Waals surface area contributed by atoms with Gasteiger partial charge in [-0.1, -0.05) is 24.3 Å². The lowest BCUT2D eigenvalue weighted by Gasteiger charge is -2.20. The number of carbonyl (C=O) groups excluding carboxylic acids is 2. The maximum atomic E-state index is 13.5. The van der Waals surface area contributed by atoms with Crippen LogP contribution in [-0.2, 0) is 16.8 Å². The molecule has 0 saturated carbocycles. The van der Waals surface area contributed by atoms with Crippen LogP contribution >= 0.6 is 0 Å². The number of nitrogens with one attached hydrogen (secondary N) is 1. The lowest BCUT2D eigenvalue weighted by molar-refractivity contribution is -0.122. The number of anilines is 2. The average Bonchev–Trinajstić information content (AvgIpc) is 3.07. The summed E-state index contributed by atoms with van der Waals surface area (Å²) in [5, 5.41) is 2.83. The van der Waals surface area contributed by atoms with Crippen molar-refractivity contribution in [3.63, 3.8) is 0 Å². The van der Waals surface area contributed by atoms with Crippen LogP contribution in [0.25, 0.3) is 11.1 Å². The zero-order valence-electron chi connectivity index (χ0n) is 20.2. The van der Waals surface area contributed by atoms with Gasteiger partial charge in [0.1, 0.15) is 11.6 Å². The van der Waals surface area contributed by atoms with Crippen molar-refractivity contribution in [1.82, 2.24) is 9.97 Å². The molecule has 0 aliphatic carbocycles. The van der Waals surface area contributed by atoms with Crippen molar-refractivity contribution >= 4 is 23.2 Å². The number of hydrogen-bond donors (Lipinski definition) is 1. The molecule has 1 aliphatic heterocycles. The monoisotopic (exact) mass is 480 g/mol. The van der Waals surface area contributed by atoms with Gasteiger partial charge in [0.25, 0.3) is 5.91 Å². The molecule has 0 fully saturated rings. The van der Waals surface area contributed by atoms with Crippen molar-refractivity contribution in [2.45, 2.75) is 32.7 Å². The maximum absolute atomic E-state index is 13.5. The zero-order chi connectivity index (χ0) is 25.4. The standard InChI is InChI=1S/C29H25FN4O2/c1-18-8-9-19(16-23(18)27(35)33-21-12-10-20(30)11-13-21)22-6-4-7-24-26(22)29(2,3)28(36)34(24)17-25-31-14-5-15-32-25/h4-16H,17H2,1-3H3,(H,33,35). The number of fused-ring (bicyclic) bond motifs is 1. The fourth-order valence-electron chi connectivity index (χ4n) is 4.69. The van der Waals surface area contributed by atoms with Crippen molar-refractivity contribution in [3.05, 3.63) is 107 Å². The molecular weight excluding hydrogens is 455 g/mol. The molecule has 4 aromatic rings. The van der Waals surface area contributed by atoms with E-state index in [1.54, 1.807) is 23.4 Å². The number of halogens is 1. The summed E-state index contributed by atoms with van der Waals surface area (Å²) < 4.78 is 13.3. The molecule has 3 aromatic carbocycles. The van der Waals surface area contributed by atoms with Gasteiger partial charge in [-0.05, 0) is 85.5 Å². The van der Waals surface area contributed by atoms with Crippen LogP contribution in [0.3, 0.4) is 0 Å². The Morgan fingerprint density at radius 1 is 1.00 bits per heavy atom. The molecule has 36 heavy (non-hydrogen) atoms. The summed E-state index contributed by atoms with van der Waals surface area (Å²) in [6, 6.07) is 18.9. The minimum absolute atomic E-state index is 0.0289. The van der Waals surface area contributed by atoms with Gasteiger partial charge in [-0.2, -0.15) is 0 Å². The lowest BCUT2D eigenvalue weighted by atomic mass is 9.81. The first-order valence-electron chi connectivity index (χ1n) is 11.6. The van der Waals surface area contributed by atoms with E-state index in [9.17, 15) is 14.0 Å². The van der Waals surface area contributed by atoms with Gasteiger partial charge in [0, 0.05) is 29.3 Å². The number of aromatic nitrogens is 2. The SMILES string of the molecule is Cc1ccc(-c2cccc3c2C(C)(C)C(=O)N3Cc2ncccn2)cc1C(=O)Nc1ccc(F)cc1. The molecule has 2 amide bonds. The van der Waals surface area contributed by atoms with Crippen molar-refractivity contribution < 1.29 is 14.0 Å². The molecule has 0 radical (unpaired) electrons. The van der Waals surface area contributed by atoms with E-state index < -0.39 is 5.41 Å².